The van der Waals surface area contributed by atoms with Crippen LogP contribution < -0.4 is 0 Å². The first kappa shape index (κ1) is 15.7. The van der Waals surface area contributed by atoms with Crippen molar-refractivity contribution in [2.24, 2.45) is 0 Å². The molecule has 10 heteroatoms. The van der Waals surface area contributed by atoms with Gasteiger partial charge in [-0.05, 0) is 37.1 Å². The van der Waals surface area contributed by atoms with Crippen LogP contribution in [0.15, 0.2) is 24.3 Å². The normalized spacial score (nSPS) is 14.9. The highest BCUT2D eigenvalue weighted by Gasteiger charge is 2.31. The van der Waals surface area contributed by atoms with Gasteiger partial charge < -0.3 is 4.57 Å². The summed E-state index contributed by atoms with van der Waals surface area (Å²) in [6, 6.07) is 5.28. The summed E-state index contributed by atoms with van der Waals surface area (Å²) in [4.78, 5) is 1.32. The second-order valence-electron chi connectivity index (χ2n) is 5.99. The maximum Gasteiger partial charge on any atom is 0.416 e. The fourth-order valence-electron chi connectivity index (χ4n) is 2.72. The smallest absolute Gasteiger partial charge is 0.310 e. The van der Waals surface area contributed by atoms with Gasteiger partial charge in [0, 0.05) is 11.6 Å². The van der Waals surface area contributed by atoms with Crippen LogP contribution in [-0.2, 0) is 12.7 Å². The Morgan fingerprint density at radius 2 is 1.96 bits per heavy atom. The van der Waals surface area contributed by atoms with Crippen molar-refractivity contribution in [3.63, 3.8) is 0 Å². The van der Waals surface area contributed by atoms with E-state index in [2.05, 4.69) is 25.6 Å². The van der Waals surface area contributed by atoms with Crippen LogP contribution in [0, 0.1) is 6.92 Å². The fourth-order valence-corrected chi connectivity index (χ4v) is 2.72. The summed E-state index contributed by atoms with van der Waals surface area (Å²) in [6.07, 6.45) is -2.23. The molecule has 7 nitrogen and oxygen atoms in total. The highest BCUT2D eigenvalue weighted by atomic mass is 19.4. The molecule has 0 unspecified atom stereocenters. The third kappa shape index (κ3) is 3.11. The van der Waals surface area contributed by atoms with Crippen LogP contribution >= 0.6 is 0 Å². The minimum atomic E-state index is -4.41. The summed E-state index contributed by atoms with van der Waals surface area (Å²) in [5.74, 6) is 1.68. The van der Waals surface area contributed by atoms with Crippen LogP contribution in [0.3, 0.4) is 0 Å². The van der Waals surface area contributed by atoms with Crippen molar-refractivity contribution in [1.29, 1.82) is 0 Å². The molecular formula is C15H14F3N7. The summed E-state index contributed by atoms with van der Waals surface area (Å²) in [5, 5.41) is 20.2. The van der Waals surface area contributed by atoms with Gasteiger partial charge in [0.1, 0.15) is 12.4 Å². The molecule has 0 N–H and O–H groups in total. The van der Waals surface area contributed by atoms with Gasteiger partial charge in [-0.1, -0.05) is 12.1 Å². The molecule has 1 aromatic carbocycles. The number of hydrogen-bond acceptors (Lipinski definition) is 5. The molecule has 1 saturated carbocycles. The largest absolute Gasteiger partial charge is 0.416 e. The molecule has 0 spiro atoms. The van der Waals surface area contributed by atoms with E-state index in [1.807, 2.05) is 11.5 Å². The van der Waals surface area contributed by atoms with E-state index in [4.69, 9.17) is 0 Å². The average molecular weight is 349 g/mol. The van der Waals surface area contributed by atoms with Gasteiger partial charge in [-0.25, -0.2) is 0 Å². The van der Waals surface area contributed by atoms with Gasteiger partial charge in [0.25, 0.3) is 0 Å². The van der Waals surface area contributed by atoms with Crippen molar-refractivity contribution >= 4 is 0 Å². The Balaban J connectivity index is 1.59. The summed E-state index contributed by atoms with van der Waals surface area (Å²) in [6.45, 7) is 2.15. The number of aromatic nitrogens is 7. The van der Waals surface area contributed by atoms with Crippen LogP contribution in [0.25, 0.3) is 11.4 Å². The minimum Gasteiger partial charge on any atom is -0.310 e. The summed E-state index contributed by atoms with van der Waals surface area (Å²) >= 11 is 0. The molecule has 0 radical (unpaired) electrons. The van der Waals surface area contributed by atoms with Crippen molar-refractivity contribution in [3.8, 4) is 11.4 Å². The zero-order chi connectivity index (χ0) is 17.6. The lowest BCUT2D eigenvalue weighted by Crippen LogP contribution is -2.11. The highest BCUT2D eigenvalue weighted by molar-refractivity contribution is 5.55. The first-order valence-electron chi connectivity index (χ1n) is 7.77. The molecule has 4 rings (SSSR count). The van der Waals surface area contributed by atoms with Crippen molar-refractivity contribution < 1.29 is 13.2 Å². The lowest BCUT2D eigenvalue weighted by atomic mass is 10.1. The molecule has 0 amide bonds. The number of alkyl halides is 3. The Hall–Kier alpha value is -2.78. The molecule has 2 heterocycles. The second-order valence-corrected chi connectivity index (χ2v) is 5.99. The van der Waals surface area contributed by atoms with Crippen LogP contribution in [-0.4, -0.2) is 35.0 Å². The third-order valence-corrected chi connectivity index (χ3v) is 4.03. The van der Waals surface area contributed by atoms with E-state index in [9.17, 15) is 13.2 Å². The quantitative estimate of drug-likeness (QED) is 0.724. The number of nitrogens with zero attached hydrogens (tertiary/aromatic N) is 7. The monoisotopic (exact) mass is 349 g/mol. The molecule has 0 aliphatic heterocycles. The Bertz CT molecular complexity index is 908. The summed E-state index contributed by atoms with van der Waals surface area (Å²) < 4.78 is 40.5. The van der Waals surface area contributed by atoms with Gasteiger partial charge in [0.2, 0.25) is 5.82 Å². The number of tetrazole rings is 1. The number of aryl methyl sites for hydroxylation is 1. The standard InChI is InChI=1S/C15H14F3N7/c1-9-19-20-13(25(9)12-5-6-12)8-24-22-14(21-23-24)10-3-2-4-11(7-10)15(16,17)18/h2-4,7,12H,5-6,8H2,1H3. The first-order chi connectivity index (χ1) is 11.9. The second kappa shape index (κ2) is 5.64. The van der Waals surface area contributed by atoms with Crippen molar-refractivity contribution in [3.05, 3.63) is 41.5 Å². The molecule has 130 valence electrons. The maximum atomic E-state index is 12.8. The number of hydrogen-bond donors (Lipinski definition) is 0. The Labute approximate surface area is 140 Å². The van der Waals surface area contributed by atoms with Gasteiger partial charge in [0.15, 0.2) is 5.82 Å². The average Bonchev–Trinajstić information content (AvgIpc) is 3.18. The highest BCUT2D eigenvalue weighted by Crippen LogP contribution is 2.36. The van der Waals surface area contributed by atoms with Crippen molar-refractivity contribution in [1.82, 2.24) is 35.0 Å². The van der Waals surface area contributed by atoms with Gasteiger partial charge in [-0.15, -0.1) is 20.4 Å². The zero-order valence-electron chi connectivity index (χ0n) is 13.3. The minimum absolute atomic E-state index is 0.139. The zero-order valence-corrected chi connectivity index (χ0v) is 13.3. The predicted molar refractivity (Wildman–Crippen MR) is 80.4 cm³/mol. The molecule has 1 aliphatic rings. The number of halogens is 3. The molecule has 2 aromatic heterocycles. The van der Waals surface area contributed by atoms with E-state index in [-0.39, 0.29) is 17.9 Å². The Morgan fingerprint density at radius 1 is 1.16 bits per heavy atom. The molecule has 1 fully saturated rings. The SMILES string of the molecule is Cc1nnc(Cn2nnc(-c3cccc(C(F)(F)F)c3)n2)n1C1CC1. The summed E-state index contributed by atoms with van der Waals surface area (Å²) in [5.41, 5.74) is -0.480. The number of rotatable bonds is 4. The van der Waals surface area contributed by atoms with Crippen molar-refractivity contribution in [2.75, 3.05) is 0 Å². The molecule has 0 bridgehead atoms. The van der Waals surface area contributed by atoms with Gasteiger partial charge in [-0.2, -0.15) is 18.0 Å². The predicted octanol–water partition coefficient (Wildman–Crippen LogP) is 2.64. The van der Waals surface area contributed by atoms with Crippen LogP contribution in [0.4, 0.5) is 13.2 Å². The van der Waals surface area contributed by atoms with Crippen LogP contribution in [0.1, 0.15) is 36.1 Å². The van der Waals surface area contributed by atoms with Crippen LogP contribution in [0.5, 0.6) is 0 Å². The van der Waals surface area contributed by atoms with E-state index in [1.165, 1.54) is 16.9 Å². The van der Waals surface area contributed by atoms with Gasteiger partial charge in [0.05, 0.1) is 5.56 Å². The van der Waals surface area contributed by atoms with E-state index in [1.54, 1.807) is 0 Å². The molecule has 0 saturated heterocycles. The van der Waals surface area contributed by atoms with Gasteiger partial charge >= 0.3 is 6.18 Å². The van der Waals surface area contributed by atoms with Crippen LogP contribution in [0.2, 0.25) is 0 Å². The fraction of sp³-hybridized carbons (Fsp3) is 0.400. The lowest BCUT2D eigenvalue weighted by molar-refractivity contribution is -0.137. The molecular weight excluding hydrogens is 335 g/mol. The Morgan fingerprint density at radius 3 is 2.68 bits per heavy atom. The molecule has 3 aromatic rings. The summed E-state index contributed by atoms with van der Waals surface area (Å²) in [7, 11) is 0. The molecule has 25 heavy (non-hydrogen) atoms. The molecule has 0 atom stereocenters. The van der Waals surface area contributed by atoms with Crippen molar-refractivity contribution in [2.45, 2.75) is 38.5 Å². The molecule has 1 aliphatic carbocycles. The van der Waals surface area contributed by atoms with E-state index >= 15 is 0 Å². The van der Waals surface area contributed by atoms with E-state index < -0.39 is 11.7 Å². The van der Waals surface area contributed by atoms with Gasteiger partial charge in [-0.3, -0.25) is 0 Å². The Kier molecular flexibility index (Phi) is 3.55. The van der Waals surface area contributed by atoms with E-state index in [0.29, 0.717) is 11.9 Å². The first-order valence-corrected chi connectivity index (χ1v) is 7.77. The van der Waals surface area contributed by atoms with E-state index in [0.717, 1.165) is 30.8 Å². The lowest BCUT2D eigenvalue weighted by Gasteiger charge is -2.06. The third-order valence-electron chi connectivity index (χ3n) is 4.03. The number of benzene rings is 1. The topological polar surface area (TPSA) is 74.3 Å². The maximum absolute atomic E-state index is 12.8.